The fraction of sp³-hybridized carbons (Fsp3) is 0.167. The standard InChI is InChI=1S/C42H35ClN6O4/c1-27-45-46-40(53-27)29-19-21-36(43)34(25-29)28-20-22-37-35(24-28)38(44-39(50)30-12-11-23-48(26-30)41(51)52)47-49(37)42(31-13-5-2-6-14-31,32-15-7-3-8-16-32)33-17-9-4-10-18-33/h2-10,13-22,24-25,30H,11-12,23,26H2,1H3,(H,51,52)(H,44,47,50)/t30-/m1/s1. The van der Waals surface area contributed by atoms with Crippen molar-refractivity contribution >= 4 is 40.3 Å². The number of carbonyl (C=O) groups excluding carboxylic acids is 1. The van der Waals surface area contributed by atoms with Crippen LogP contribution in [0.1, 0.15) is 35.4 Å². The van der Waals surface area contributed by atoms with Crippen LogP contribution in [0.4, 0.5) is 10.6 Å². The van der Waals surface area contributed by atoms with Gasteiger partial charge < -0.3 is 19.7 Å². The summed E-state index contributed by atoms with van der Waals surface area (Å²) >= 11 is 6.85. The van der Waals surface area contributed by atoms with Gasteiger partial charge in [0.1, 0.15) is 5.54 Å². The smallest absolute Gasteiger partial charge is 0.407 e. The number of fused-ring (bicyclic) bond motifs is 1. The Morgan fingerprint density at radius 1 is 0.830 bits per heavy atom. The highest BCUT2D eigenvalue weighted by Gasteiger charge is 2.41. The Bertz CT molecular complexity index is 2330. The molecule has 0 radical (unpaired) electrons. The van der Waals surface area contributed by atoms with Crippen molar-refractivity contribution in [2.24, 2.45) is 5.92 Å². The minimum absolute atomic E-state index is 0.116. The zero-order valence-corrected chi connectivity index (χ0v) is 29.6. The van der Waals surface area contributed by atoms with E-state index in [1.807, 2.05) is 89.6 Å². The van der Waals surface area contributed by atoms with Gasteiger partial charge in [-0.3, -0.25) is 4.79 Å². The van der Waals surface area contributed by atoms with Gasteiger partial charge in [0.15, 0.2) is 5.82 Å². The fourth-order valence-electron chi connectivity index (χ4n) is 7.42. The molecule has 10 nitrogen and oxygen atoms in total. The van der Waals surface area contributed by atoms with Gasteiger partial charge in [-0.1, -0.05) is 109 Å². The average Bonchev–Trinajstić information content (AvgIpc) is 3.80. The molecule has 11 heteroatoms. The molecule has 0 aliphatic carbocycles. The van der Waals surface area contributed by atoms with Crippen LogP contribution in [0.25, 0.3) is 33.5 Å². The summed E-state index contributed by atoms with van der Waals surface area (Å²) in [6.45, 7) is 2.25. The molecule has 2 N–H and O–H groups in total. The van der Waals surface area contributed by atoms with Crippen molar-refractivity contribution in [3.8, 4) is 22.6 Å². The first kappa shape index (κ1) is 33.9. The van der Waals surface area contributed by atoms with E-state index >= 15 is 0 Å². The summed E-state index contributed by atoms with van der Waals surface area (Å²) in [6, 6.07) is 42.1. The first-order valence-corrected chi connectivity index (χ1v) is 17.8. The van der Waals surface area contributed by atoms with Gasteiger partial charge in [-0.25, -0.2) is 9.48 Å². The number of rotatable bonds is 8. The molecular formula is C42H35ClN6O4. The molecule has 2 aromatic heterocycles. The SMILES string of the molecule is Cc1nnc(-c2ccc(Cl)c(-c3ccc4c(c3)c(NC(=O)[C@@H]3CCCN(C(=O)O)C3)nn4C(c3ccccc3)(c3ccccc3)c3ccccc3)c2)o1. The van der Waals surface area contributed by atoms with Gasteiger partial charge in [-0.15, -0.1) is 10.2 Å². The number of hydrogen-bond donors (Lipinski definition) is 2. The third-order valence-corrected chi connectivity index (χ3v) is 10.3. The van der Waals surface area contributed by atoms with Crippen molar-refractivity contribution in [1.29, 1.82) is 0 Å². The third-order valence-electron chi connectivity index (χ3n) is 9.93. The van der Waals surface area contributed by atoms with Crippen molar-refractivity contribution in [3.63, 3.8) is 0 Å². The van der Waals surface area contributed by atoms with E-state index in [9.17, 15) is 14.7 Å². The van der Waals surface area contributed by atoms with Crippen LogP contribution in [0, 0.1) is 12.8 Å². The van der Waals surface area contributed by atoms with Crippen LogP contribution in [-0.4, -0.2) is 55.1 Å². The number of carbonyl (C=O) groups is 2. The molecule has 5 aromatic carbocycles. The maximum absolute atomic E-state index is 14.0. The minimum Gasteiger partial charge on any atom is -0.465 e. The molecule has 0 spiro atoms. The van der Waals surface area contributed by atoms with E-state index in [4.69, 9.17) is 21.1 Å². The molecule has 53 heavy (non-hydrogen) atoms. The van der Waals surface area contributed by atoms with Gasteiger partial charge in [-0.05, 0) is 65.4 Å². The highest BCUT2D eigenvalue weighted by molar-refractivity contribution is 6.33. The van der Waals surface area contributed by atoms with Crippen LogP contribution in [0.15, 0.2) is 132 Å². The van der Waals surface area contributed by atoms with Gasteiger partial charge in [0.2, 0.25) is 17.7 Å². The lowest BCUT2D eigenvalue weighted by atomic mass is 9.77. The molecule has 1 aliphatic rings. The number of amides is 2. The summed E-state index contributed by atoms with van der Waals surface area (Å²) in [6.07, 6.45) is 0.131. The zero-order chi connectivity index (χ0) is 36.5. The number of aromatic nitrogens is 4. The number of likely N-dealkylation sites (tertiary alicyclic amines) is 1. The number of carboxylic acid groups (broad SMARTS) is 1. The number of benzene rings is 5. The number of aryl methyl sites for hydroxylation is 1. The summed E-state index contributed by atoms with van der Waals surface area (Å²) in [4.78, 5) is 27.2. The lowest BCUT2D eigenvalue weighted by Crippen LogP contribution is -2.43. The Morgan fingerprint density at radius 3 is 2.04 bits per heavy atom. The number of anilines is 1. The fourth-order valence-corrected chi connectivity index (χ4v) is 7.64. The van der Waals surface area contributed by atoms with E-state index < -0.39 is 17.6 Å². The van der Waals surface area contributed by atoms with Gasteiger partial charge in [0.05, 0.1) is 11.4 Å². The monoisotopic (exact) mass is 722 g/mol. The highest BCUT2D eigenvalue weighted by atomic mass is 35.5. The topological polar surface area (TPSA) is 126 Å². The van der Waals surface area contributed by atoms with Gasteiger partial charge in [-0.2, -0.15) is 5.10 Å². The normalized spacial score (nSPS) is 14.7. The van der Waals surface area contributed by atoms with Crippen LogP contribution < -0.4 is 5.32 Å². The van der Waals surface area contributed by atoms with Crippen molar-refractivity contribution in [1.82, 2.24) is 24.9 Å². The maximum atomic E-state index is 14.0. The number of piperidine rings is 1. The first-order valence-electron chi connectivity index (χ1n) is 17.4. The Balaban J connectivity index is 1.36. The molecule has 1 fully saturated rings. The zero-order valence-electron chi connectivity index (χ0n) is 28.8. The molecular weight excluding hydrogens is 688 g/mol. The van der Waals surface area contributed by atoms with E-state index in [0.717, 1.165) is 33.3 Å². The molecule has 0 unspecified atom stereocenters. The van der Waals surface area contributed by atoms with Crippen LogP contribution in [-0.2, 0) is 10.3 Å². The summed E-state index contributed by atoms with van der Waals surface area (Å²) < 4.78 is 7.71. The molecule has 2 amide bonds. The van der Waals surface area contributed by atoms with E-state index in [-0.39, 0.29) is 12.5 Å². The Labute approximate surface area is 310 Å². The van der Waals surface area contributed by atoms with E-state index in [1.54, 1.807) is 13.0 Å². The molecule has 1 saturated heterocycles. The van der Waals surface area contributed by atoms with Crippen molar-refractivity contribution < 1.29 is 19.1 Å². The molecule has 8 rings (SSSR count). The molecule has 264 valence electrons. The lowest BCUT2D eigenvalue weighted by Gasteiger charge is -2.37. The number of hydrogen-bond acceptors (Lipinski definition) is 6. The Morgan fingerprint density at radius 2 is 1.45 bits per heavy atom. The lowest BCUT2D eigenvalue weighted by molar-refractivity contribution is -0.121. The van der Waals surface area contributed by atoms with Crippen molar-refractivity contribution in [2.45, 2.75) is 25.3 Å². The second-order valence-corrected chi connectivity index (χ2v) is 13.6. The molecule has 0 bridgehead atoms. The first-order chi connectivity index (χ1) is 25.8. The molecule has 3 heterocycles. The molecule has 0 saturated carbocycles. The van der Waals surface area contributed by atoms with E-state index in [1.165, 1.54) is 4.90 Å². The van der Waals surface area contributed by atoms with Crippen LogP contribution >= 0.6 is 11.6 Å². The van der Waals surface area contributed by atoms with Gasteiger partial charge in [0, 0.05) is 41.5 Å². The van der Waals surface area contributed by atoms with E-state index in [0.29, 0.717) is 53.0 Å². The van der Waals surface area contributed by atoms with Crippen molar-refractivity contribution in [2.75, 3.05) is 18.4 Å². The second-order valence-electron chi connectivity index (χ2n) is 13.2. The molecule has 7 aromatic rings. The largest absolute Gasteiger partial charge is 0.465 e. The molecule has 1 aliphatic heterocycles. The summed E-state index contributed by atoms with van der Waals surface area (Å²) in [5.41, 5.74) is 4.94. The van der Waals surface area contributed by atoms with E-state index in [2.05, 4.69) is 51.9 Å². The van der Waals surface area contributed by atoms with Gasteiger partial charge in [0.25, 0.3) is 0 Å². The van der Waals surface area contributed by atoms with Gasteiger partial charge >= 0.3 is 6.09 Å². The predicted octanol–water partition coefficient (Wildman–Crippen LogP) is 8.88. The minimum atomic E-state index is -1.03. The Hall–Kier alpha value is -6.26. The van der Waals surface area contributed by atoms with Crippen molar-refractivity contribution in [3.05, 3.63) is 155 Å². The predicted molar refractivity (Wildman–Crippen MR) is 204 cm³/mol. The quantitative estimate of drug-likeness (QED) is 0.150. The van der Waals surface area contributed by atoms with Crippen LogP contribution in [0.5, 0.6) is 0 Å². The average molecular weight is 723 g/mol. The highest BCUT2D eigenvalue weighted by Crippen LogP contribution is 2.44. The molecule has 1 atom stereocenters. The third kappa shape index (κ3) is 6.21. The summed E-state index contributed by atoms with van der Waals surface area (Å²) in [5, 5.41) is 27.5. The summed E-state index contributed by atoms with van der Waals surface area (Å²) in [5.74, 6) is 0.363. The summed E-state index contributed by atoms with van der Waals surface area (Å²) in [7, 11) is 0. The number of nitrogens with zero attached hydrogens (tertiary/aromatic N) is 5. The maximum Gasteiger partial charge on any atom is 0.407 e. The Kier molecular flexibility index (Phi) is 8.97. The second kappa shape index (κ2) is 14.0. The number of halogens is 1. The van der Waals surface area contributed by atoms with Crippen LogP contribution in [0.3, 0.4) is 0 Å². The number of nitrogens with one attached hydrogen (secondary N) is 1. The van der Waals surface area contributed by atoms with Crippen LogP contribution in [0.2, 0.25) is 5.02 Å².